The maximum atomic E-state index is 12.0. The molecule has 0 aliphatic heterocycles. The SMILES string of the molecule is CCOC(=O)C1Cc2ccc(OCCN(C(=O)O)C(C)(C)C)c(Cl)c2C1. The van der Waals surface area contributed by atoms with Crippen molar-refractivity contribution in [3.05, 3.63) is 28.3 Å². The van der Waals surface area contributed by atoms with Gasteiger partial charge in [0.25, 0.3) is 0 Å². The Balaban J connectivity index is 2.02. The predicted molar refractivity (Wildman–Crippen MR) is 99.0 cm³/mol. The monoisotopic (exact) mass is 383 g/mol. The number of carboxylic acid groups (broad SMARTS) is 1. The zero-order valence-electron chi connectivity index (χ0n) is 15.7. The van der Waals surface area contributed by atoms with E-state index in [4.69, 9.17) is 21.1 Å². The number of carbonyl (C=O) groups is 2. The van der Waals surface area contributed by atoms with Gasteiger partial charge in [-0.2, -0.15) is 0 Å². The van der Waals surface area contributed by atoms with E-state index in [-0.39, 0.29) is 25.0 Å². The van der Waals surface area contributed by atoms with Crippen LogP contribution in [0, 0.1) is 5.92 Å². The number of hydrogen-bond acceptors (Lipinski definition) is 4. The van der Waals surface area contributed by atoms with Crippen LogP contribution in [0.25, 0.3) is 0 Å². The average molecular weight is 384 g/mol. The van der Waals surface area contributed by atoms with Crippen LogP contribution in [0.3, 0.4) is 0 Å². The first-order valence-corrected chi connectivity index (χ1v) is 9.13. The molecule has 7 heteroatoms. The smallest absolute Gasteiger partial charge is 0.407 e. The second-order valence-electron chi connectivity index (χ2n) is 7.33. The first-order valence-electron chi connectivity index (χ1n) is 8.75. The topological polar surface area (TPSA) is 76.1 Å². The van der Waals surface area contributed by atoms with Crippen molar-refractivity contribution in [2.24, 2.45) is 5.92 Å². The minimum absolute atomic E-state index is 0.198. The van der Waals surface area contributed by atoms with Gasteiger partial charge in [-0.3, -0.25) is 4.79 Å². The summed E-state index contributed by atoms with van der Waals surface area (Å²) in [4.78, 5) is 24.6. The van der Waals surface area contributed by atoms with E-state index in [1.54, 1.807) is 13.0 Å². The van der Waals surface area contributed by atoms with Crippen LogP contribution in [0.2, 0.25) is 5.02 Å². The van der Waals surface area contributed by atoms with E-state index >= 15 is 0 Å². The van der Waals surface area contributed by atoms with E-state index < -0.39 is 11.6 Å². The number of benzene rings is 1. The van der Waals surface area contributed by atoms with Crippen LogP contribution in [0.5, 0.6) is 5.75 Å². The van der Waals surface area contributed by atoms with Crippen molar-refractivity contribution in [3.8, 4) is 5.75 Å². The van der Waals surface area contributed by atoms with E-state index in [0.29, 0.717) is 30.2 Å². The summed E-state index contributed by atoms with van der Waals surface area (Å²) >= 11 is 6.46. The average Bonchev–Trinajstić information content (AvgIpc) is 2.97. The number of carbonyl (C=O) groups excluding carboxylic acids is 1. The van der Waals surface area contributed by atoms with Gasteiger partial charge in [0.2, 0.25) is 0 Å². The van der Waals surface area contributed by atoms with Crippen LogP contribution >= 0.6 is 11.6 Å². The Morgan fingerprint density at radius 2 is 2.00 bits per heavy atom. The Morgan fingerprint density at radius 3 is 2.58 bits per heavy atom. The molecule has 0 heterocycles. The van der Waals surface area contributed by atoms with Crippen LogP contribution < -0.4 is 4.74 Å². The van der Waals surface area contributed by atoms with E-state index in [0.717, 1.165) is 11.1 Å². The van der Waals surface area contributed by atoms with Crippen molar-refractivity contribution in [2.45, 2.75) is 46.1 Å². The summed E-state index contributed by atoms with van der Waals surface area (Å²) in [7, 11) is 0. The Labute approximate surface area is 159 Å². The molecule has 1 unspecified atom stereocenters. The normalized spacial score (nSPS) is 16.1. The van der Waals surface area contributed by atoms with Crippen molar-refractivity contribution < 1.29 is 24.2 Å². The largest absolute Gasteiger partial charge is 0.490 e. The summed E-state index contributed by atoms with van der Waals surface area (Å²) in [5.74, 6) is 0.0970. The molecule has 1 atom stereocenters. The Bertz CT molecular complexity index is 683. The van der Waals surface area contributed by atoms with Gasteiger partial charge in [-0.1, -0.05) is 17.7 Å². The molecule has 26 heavy (non-hydrogen) atoms. The van der Waals surface area contributed by atoms with Crippen LogP contribution in [-0.2, 0) is 22.4 Å². The van der Waals surface area contributed by atoms with Crippen molar-refractivity contribution in [3.63, 3.8) is 0 Å². The van der Waals surface area contributed by atoms with Gasteiger partial charge in [0, 0.05) is 5.54 Å². The number of nitrogens with zero attached hydrogens (tertiary/aromatic N) is 1. The standard InChI is InChI=1S/C19H26ClNO5/c1-5-25-17(22)13-10-12-6-7-15(16(20)14(12)11-13)26-9-8-21(18(23)24)19(2,3)4/h6-7,13H,5,8-11H2,1-4H3,(H,23,24). The van der Waals surface area contributed by atoms with Crippen molar-refractivity contribution in [2.75, 3.05) is 19.8 Å². The lowest BCUT2D eigenvalue weighted by Crippen LogP contribution is -2.46. The second kappa shape index (κ2) is 8.16. The summed E-state index contributed by atoms with van der Waals surface area (Å²) in [6, 6.07) is 3.69. The highest BCUT2D eigenvalue weighted by Crippen LogP contribution is 2.38. The zero-order valence-corrected chi connectivity index (χ0v) is 16.4. The lowest BCUT2D eigenvalue weighted by molar-refractivity contribution is -0.147. The number of rotatable bonds is 6. The van der Waals surface area contributed by atoms with Crippen LogP contribution in [0.4, 0.5) is 4.79 Å². The molecule has 6 nitrogen and oxygen atoms in total. The summed E-state index contributed by atoms with van der Waals surface area (Å²) in [5.41, 5.74) is 1.43. The maximum absolute atomic E-state index is 12.0. The minimum Gasteiger partial charge on any atom is -0.490 e. The molecule has 1 aromatic rings. The van der Waals surface area contributed by atoms with E-state index in [1.807, 2.05) is 26.8 Å². The summed E-state index contributed by atoms with van der Waals surface area (Å²) in [6.07, 6.45) is 0.164. The quantitative estimate of drug-likeness (QED) is 0.756. The van der Waals surface area contributed by atoms with E-state index in [2.05, 4.69) is 0 Å². The fourth-order valence-corrected chi connectivity index (χ4v) is 3.45. The molecule has 0 bridgehead atoms. The number of ether oxygens (including phenoxy) is 2. The van der Waals surface area contributed by atoms with Gasteiger partial charge < -0.3 is 19.5 Å². The molecule has 1 aliphatic rings. The molecule has 0 spiro atoms. The van der Waals surface area contributed by atoms with E-state index in [1.165, 1.54) is 4.90 Å². The number of esters is 1. The number of fused-ring (bicyclic) bond motifs is 1. The van der Waals surface area contributed by atoms with E-state index in [9.17, 15) is 14.7 Å². The predicted octanol–water partition coefficient (Wildman–Crippen LogP) is 3.78. The molecule has 0 saturated heterocycles. The molecule has 0 radical (unpaired) electrons. The van der Waals surface area contributed by atoms with Gasteiger partial charge in [-0.05, 0) is 57.7 Å². The third-order valence-corrected chi connectivity index (χ3v) is 4.87. The van der Waals surface area contributed by atoms with Crippen LogP contribution in [-0.4, -0.2) is 47.4 Å². The van der Waals surface area contributed by atoms with Crippen LogP contribution in [0.1, 0.15) is 38.8 Å². The number of amides is 1. The molecule has 1 amide bonds. The lowest BCUT2D eigenvalue weighted by Gasteiger charge is -2.33. The third kappa shape index (κ3) is 4.61. The van der Waals surface area contributed by atoms with Gasteiger partial charge in [0.15, 0.2) is 0 Å². The van der Waals surface area contributed by atoms with Gasteiger partial charge in [-0.15, -0.1) is 0 Å². The van der Waals surface area contributed by atoms with Gasteiger partial charge in [0.05, 0.1) is 24.1 Å². The Morgan fingerprint density at radius 1 is 1.31 bits per heavy atom. The molecule has 1 N–H and O–H groups in total. The first-order chi connectivity index (χ1) is 12.1. The molecule has 1 aliphatic carbocycles. The molecule has 0 saturated carbocycles. The van der Waals surface area contributed by atoms with Crippen molar-refractivity contribution in [1.82, 2.24) is 4.90 Å². The molecule has 0 fully saturated rings. The highest BCUT2D eigenvalue weighted by Gasteiger charge is 2.31. The van der Waals surface area contributed by atoms with Crippen molar-refractivity contribution in [1.29, 1.82) is 0 Å². The molecule has 144 valence electrons. The maximum Gasteiger partial charge on any atom is 0.407 e. The van der Waals surface area contributed by atoms with Crippen molar-refractivity contribution >= 4 is 23.7 Å². The summed E-state index contributed by atoms with van der Waals surface area (Å²) < 4.78 is 10.8. The molecular formula is C19H26ClNO5. The van der Waals surface area contributed by atoms with Crippen LogP contribution in [0.15, 0.2) is 12.1 Å². The first kappa shape index (κ1) is 20.4. The highest BCUT2D eigenvalue weighted by atomic mass is 35.5. The highest BCUT2D eigenvalue weighted by molar-refractivity contribution is 6.33. The molecule has 1 aromatic carbocycles. The fraction of sp³-hybridized carbons (Fsp3) is 0.579. The molecule has 0 aromatic heterocycles. The van der Waals surface area contributed by atoms with Gasteiger partial charge in [0.1, 0.15) is 12.4 Å². The molecule has 2 rings (SSSR count). The Hall–Kier alpha value is -1.95. The lowest BCUT2D eigenvalue weighted by atomic mass is 10.1. The van der Waals surface area contributed by atoms with Gasteiger partial charge in [-0.25, -0.2) is 4.79 Å². The number of halogens is 1. The Kier molecular flexibility index (Phi) is 6.39. The summed E-state index contributed by atoms with van der Waals surface area (Å²) in [5, 5.41) is 9.81. The third-order valence-electron chi connectivity index (χ3n) is 4.45. The minimum atomic E-state index is -0.988. The van der Waals surface area contributed by atoms with Gasteiger partial charge >= 0.3 is 12.1 Å². The zero-order chi connectivity index (χ0) is 19.5. The number of hydrogen-bond donors (Lipinski definition) is 1. The fourth-order valence-electron chi connectivity index (χ4n) is 3.14. The molecular weight excluding hydrogens is 358 g/mol. The second-order valence-corrected chi connectivity index (χ2v) is 7.70. The summed E-state index contributed by atoms with van der Waals surface area (Å²) in [6.45, 7) is 8.08.